The normalized spacial score (nSPS) is 16.9. The number of carbonyl (C=O) groups is 3. The summed E-state index contributed by atoms with van der Waals surface area (Å²) in [6, 6.07) is 6.69. The highest BCUT2D eigenvalue weighted by Crippen LogP contribution is 2.44. The molecule has 41 heavy (non-hydrogen) atoms. The Morgan fingerprint density at radius 2 is 1.78 bits per heavy atom. The number of hydrogen-bond acceptors (Lipinski definition) is 11. The zero-order valence-electron chi connectivity index (χ0n) is 27.9. The van der Waals surface area contributed by atoms with E-state index in [0.29, 0.717) is 23.3 Å². The molecule has 0 bridgehead atoms. The molecule has 16 heteroatoms. The van der Waals surface area contributed by atoms with Crippen molar-refractivity contribution in [1.29, 1.82) is 0 Å². The fraction of sp³-hybridized carbons (Fsp3) is 0.360. The van der Waals surface area contributed by atoms with Crippen molar-refractivity contribution >= 4 is 42.4 Å². The van der Waals surface area contributed by atoms with E-state index in [1.807, 2.05) is 0 Å². The molecule has 3 rings (SSSR count). The maximum absolute atomic E-state index is 13.8. The van der Waals surface area contributed by atoms with Gasteiger partial charge in [0.15, 0.2) is 11.5 Å². The number of para-hydroxylation sites is 1. The van der Waals surface area contributed by atoms with Gasteiger partial charge in [-0.1, -0.05) is 18.2 Å². The SMILES string of the molecule is O=C(O)/C=C/C(=O)O.[2H]C([2H])([2H])C(OC(=O)[C@H](C)NP(=O)(CO[C@H](C)Cn1cnc2c(N)ncnc21)Oc1ccccc1)C([2H])([2H])[2H]. The number of imidazole rings is 1. The van der Waals surface area contributed by atoms with E-state index >= 15 is 0 Å². The average molecular weight is 599 g/mol. The monoisotopic (exact) mass is 598 g/mol. The van der Waals surface area contributed by atoms with Gasteiger partial charge in [-0.05, 0) is 39.7 Å². The van der Waals surface area contributed by atoms with Crippen molar-refractivity contribution in [3.05, 3.63) is 55.1 Å². The Kier molecular flexibility index (Phi) is 9.22. The maximum Gasteiger partial charge on any atom is 0.342 e. The molecule has 5 N–H and O–H groups in total. The molecular formula is C25H33N6O9P. The van der Waals surface area contributed by atoms with Crippen LogP contribution in [0.25, 0.3) is 11.2 Å². The van der Waals surface area contributed by atoms with Gasteiger partial charge in [0.1, 0.15) is 30.0 Å². The van der Waals surface area contributed by atoms with Gasteiger partial charge in [-0.15, -0.1) is 0 Å². The van der Waals surface area contributed by atoms with Crippen molar-refractivity contribution in [2.45, 2.75) is 52.3 Å². The van der Waals surface area contributed by atoms with Gasteiger partial charge >= 0.3 is 25.4 Å². The molecule has 0 fully saturated rings. The lowest BCUT2D eigenvalue weighted by molar-refractivity contribution is -0.149. The Hall–Kier alpha value is -4.33. The smallest absolute Gasteiger partial charge is 0.342 e. The van der Waals surface area contributed by atoms with E-state index in [1.54, 1.807) is 41.8 Å². The molecule has 0 amide bonds. The number of nitrogen functional groups attached to an aromatic ring is 1. The van der Waals surface area contributed by atoms with Crippen LogP contribution >= 0.6 is 7.52 Å². The first-order valence-electron chi connectivity index (χ1n) is 14.7. The number of anilines is 1. The van der Waals surface area contributed by atoms with E-state index in [9.17, 15) is 18.9 Å². The Labute approximate surface area is 244 Å². The minimum Gasteiger partial charge on any atom is -0.478 e. The van der Waals surface area contributed by atoms with E-state index in [0.717, 1.165) is 0 Å². The number of hydrogen-bond donors (Lipinski definition) is 4. The van der Waals surface area contributed by atoms with Crippen LogP contribution in [0.2, 0.25) is 0 Å². The van der Waals surface area contributed by atoms with Crippen LogP contribution in [-0.4, -0.2) is 72.2 Å². The summed E-state index contributed by atoms with van der Waals surface area (Å²) in [5, 5.41) is 18.1. The van der Waals surface area contributed by atoms with E-state index in [2.05, 4.69) is 20.0 Å². The Bertz CT molecular complexity index is 1570. The first kappa shape index (κ1) is 24.5. The molecular weight excluding hydrogens is 559 g/mol. The topological polar surface area (TPSA) is 218 Å². The van der Waals surface area contributed by atoms with Crippen LogP contribution in [0.4, 0.5) is 5.82 Å². The lowest BCUT2D eigenvalue weighted by Gasteiger charge is -2.25. The van der Waals surface area contributed by atoms with Crippen molar-refractivity contribution in [2.24, 2.45) is 0 Å². The number of esters is 1. The van der Waals surface area contributed by atoms with Crippen molar-refractivity contribution in [1.82, 2.24) is 24.6 Å². The first-order valence-corrected chi connectivity index (χ1v) is 13.5. The number of carboxylic acids is 2. The number of aromatic nitrogens is 4. The van der Waals surface area contributed by atoms with Gasteiger partial charge in [-0.2, -0.15) is 0 Å². The molecule has 2 heterocycles. The Morgan fingerprint density at radius 1 is 1.12 bits per heavy atom. The molecule has 0 aliphatic carbocycles. The number of aliphatic carboxylic acids is 2. The minimum absolute atomic E-state index is 0.209. The molecule has 0 aliphatic rings. The van der Waals surface area contributed by atoms with Gasteiger partial charge in [0.25, 0.3) is 0 Å². The standard InChI is InChI=1S/C21H29N6O5P.C4H4O4/c1-14(2)31-21(28)16(4)26-33(29,32-17-8-6-5-7-9-17)13-30-15(3)10-27-12-25-18-19(22)23-11-24-20(18)27;5-3(6)1-2-4(7)8/h5-9,11-12,14-16H,10,13H2,1-4H3,(H,26,29)(H2,22,23,24);1-2H,(H,5,6)(H,7,8)/b;2-1+/t15-,16+,33?;/m1./s1/i1D3,2D3;. The van der Waals surface area contributed by atoms with E-state index in [1.165, 1.54) is 19.6 Å². The van der Waals surface area contributed by atoms with Crippen LogP contribution in [0.15, 0.2) is 55.1 Å². The zero-order valence-corrected chi connectivity index (χ0v) is 22.8. The van der Waals surface area contributed by atoms with Crippen LogP contribution in [0.5, 0.6) is 5.75 Å². The predicted molar refractivity (Wildman–Crippen MR) is 148 cm³/mol. The average Bonchev–Trinajstić information content (AvgIpc) is 3.37. The predicted octanol–water partition coefficient (Wildman–Crippen LogP) is 2.68. The molecule has 1 unspecified atom stereocenters. The number of rotatable bonds is 13. The highest BCUT2D eigenvalue weighted by atomic mass is 31.2. The van der Waals surface area contributed by atoms with E-state index in [-0.39, 0.29) is 18.1 Å². The fourth-order valence-electron chi connectivity index (χ4n) is 3.04. The van der Waals surface area contributed by atoms with Crippen LogP contribution in [0, 0.1) is 0 Å². The number of nitrogens with one attached hydrogen (secondary N) is 1. The number of benzene rings is 1. The van der Waals surface area contributed by atoms with Gasteiger partial charge in [0.2, 0.25) is 0 Å². The molecule has 0 radical (unpaired) electrons. The third-order valence-corrected chi connectivity index (χ3v) is 6.53. The number of fused-ring (bicyclic) bond motifs is 1. The summed E-state index contributed by atoms with van der Waals surface area (Å²) in [4.78, 5) is 44.0. The summed E-state index contributed by atoms with van der Waals surface area (Å²) in [6.45, 7) is -3.01. The van der Waals surface area contributed by atoms with Gasteiger partial charge in [0, 0.05) is 20.4 Å². The molecule has 0 spiro atoms. The van der Waals surface area contributed by atoms with Crippen molar-refractivity contribution in [2.75, 3.05) is 12.1 Å². The molecule has 3 aromatic rings. The van der Waals surface area contributed by atoms with E-state index < -0.39 is 63.7 Å². The van der Waals surface area contributed by atoms with Crippen LogP contribution in [0.1, 0.15) is 35.8 Å². The highest BCUT2D eigenvalue weighted by Gasteiger charge is 2.32. The fourth-order valence-corrected chi connectivity index (χ4v) is 4.83. The highest BCUT2D eigenvalue weighted by molar-refractivity contribution is 7.57. The Balaban J connectivity index is 0.000000849. The molecule has 0 saturated heterocycles. The van der Waals surface area contributed by atoms with Crippen molar-refractivity contribution < 1.29 is 51.4 Å². The van der Waals surface area contributed by atoms with Crippen molar-refractivity contribution in [3.8, 4) is 5.75 Å². The number of ether oxygens (including phenoxy) is 2. The number of nitrogens with two attached hydrogens (primary N) is 1. The summed E-state index contributed by atoms with van der Waals surface area (Å²) in [6.07, 6.45) is 0.507. The summed E-state index contributed by atoms with van der Waals surface area (Å²) in [5.74, 6) is -3.32. The van der Waals surface area contributed by atoms with Gasteiger partial charge in [0.05, 0.1) is 25.1 Å². The molecule has 0 aliphatic heterocycles. The molecule has 3 atom stereocenters. The van der Waals surface area contributed by atoms with Crippen LogP contribution < -0.4 is 15.3 Å². The molecule has 1 aromatic carbocycles. The van der Waals surface area contributed by atoms with Crippen LogP contribution in [-0.2, 0) is 35.0 Å². The Morgan fingerprint density at radius 3 is 2.39 bits per heavy atom. The summed E-state index contributed by atoms with van der Waals surface area (Å²) >= 11 is 0. The second-order valence-corrected chi connectivity index (χ2v) is 10.2. The molecule has 2 aromatic heterocycles. The maximum atomic E-state index is 13.8. The second kappa shape index (κ2) is 15.5. The third-order valence-electron chi connectivity index (χ3n) is 4.75. The lowest BCUT2D eigenvalue weighted by Crippen LogP contribution is -2.37. The lowest BCUT2D eigenvalue weighted by atomic mass is 10.3. The summed E-state index contributed by atoms with van der Waals surface area (Å²) < 4.78 is 76.3. The number of carboxylic acid groups (broad SMARTS) is 2. The minimum atomic E-state index is -4.00. The third kappa shape index (κ3) is 11.4. The molecule has 222 valence electrons. The quantitative estimate of drug-likeness (QED) is 0.126. The van der Waals surface area contributed by atoms with Crippen LogP contribution in [0.3, 0.4) is 0 Å². The van der Waals surface area contributed by atoms with Gasteiger partial charge in [-0.25, -0.2) is 29.6 Å². The summed E-state index contributed by atoms with van der Waals surface area (Å²) in [7, 11) is -4.00. The van der Waals surface area contributed by atoms with Gasteiger partial charge in [-0.3, -0.25) is 9.36 Å². The number of nitrogens with zero attached hydrogens (tertiary/aromatic N) is 4. The number of carbonyl (C=O) groups excluding carboxylic acids is 1. The first-order chi connectivity index (χ1) is 21.7. The second-order valence-electron chi connectivity index (χ2n) is 8.19. The summed E-state index contributed by atoms with van der Waals surface area (Å²) in [5.41, 5.74) is 6.72. The van der Waals surface area contributed by atoms with Crippen molar-refractivity contribution in [3.63, 3.8) is 0 Å². The zero-order chi connectivity index (χ0) is 35.6. The molecule has 15 nitrogen and oxygen atoms in total. The molecule has 0 saturated carbocycles. The van der Waals surface area contributed by atoms with Gasteiger partial charge < -0.3 is 34.5 Å². The largest absolute Gasteiger partial charge is 0.478 e. The van der Waals surface area contributed by atoms with E-state index in [4.69, 9.17) is 38.2 Å².